The van der Waals surface area contributed by atoms with Crippen molar-refractivity contribution in [3.8, 4) is 11.4 Å². The highest BCUT2D eigenvalue weighted by Gasteiger charge is 2.29. The van der Waals surface area contributed by atoms with E-state index in [1.807, 2.05) is 11.8 Å². The van der Waals surface area contributed by atoms with Gasteiger partial charge in [0.15, 0.2) is 0 Å². The molecule has 2 aromatic rings. The highest BCUT2D eigenvalue weighted by Crippen LogP contribution is 2.28. The number of benzene rings is 1. The zero-order valence-corrected chi connectivity index (χ0v) is 17.5. The van der Waals surface area contributed by atoms with Crippen molar-refractivity contribution in [2.75, 3.05) is 26.2 Å². The van der Waals surface area contributed by atoms with E-state index in [9.17, 15) is 9.18 Å². The molecule has 7 heteroatoms. The fraction of sp³-hybridized carbons (Fsp3) is 0.522. The van der Waals surface area contributed by atoms with E-state index < -0.39 is 0 Å². The van der Waals surface area contributed by atoms with Crippen LogP contribution in [0.15, 0.2) is 40.6 Å². The number of allylic oxidation sites excluding steroid dienone is 2. The van der Waals surface area contributed by atoms with Crippen molar-refractivity contribution in [3.63, 3.8) is 0 Å². The van der Waals surface area contributed by atoms with Crippen LogP contribution in [0.2, 0.25) is 0 Å². The average Bonchev–Trinajstić information content (AvgIpc) is 3.26. The number of carbonyl (C=O) groups excluding carboxylic acids is 1. The van der Waals surface area contributed by atoms with Gasteiger partial charge in [0.05, 0.1) is 12.5 Å². The van der Waals surface area contributed by atoms with Gasteiger partial charge in [-0.05, 0) is 64.1 Å². The van der Waals surface area contributed by atoms with E-state index >= 15 is 0 Å². The number of carbonyl (C=O) groups is 1. The van der Waals surface area contributed by atoms with E-state index in [-0.39, 0.29) is 17.6 Å². The number of likely N-dealkylation sites (tertiary alicyclic amines) is 1. The topological polar surface area (TPSA) is 62.5 Å². The normalized spacial score (nSPS) is 20.1. The molecule has 0 bridgehead atoms. The quantitative estimate of drug-likeness (QED) is 0.705. The maximum absolute atomic E-state index is 13.5. The molecule has 6 nitrogen and oxygen atoms in total. The van der Waals surface area contributed by atoms with Crippen molar-refractivity contribution in [1.29, 1.82) is 0 Å². The van der Waals surface area contributed by atoms with Gasteiger partial charge in [0, 0.05) is 24.4 Å². The van der Waals surface area contributed by atoms with Crippen molar-refractivity contribution in [2.45, 2.75) is 51.4 Å². The number of amides is 1. The Hall–Kier alpha value is -2.54. The van der Waals surface area contributed by atoms with Crippen molar-refractivity contribution in [3.05, 3.63) is 47.7 Å². The van der Waals surface area contributed by atoms with Crippen LogP contribution in [0.3, 0.4) is 0 Å². The number of aromatic nitrogens is 2. The second kappa shape index (κ2) is 9.51. The molecule has 30 heavy (non-hydrogen) atoms. The molecule has 1 aliphatic carbocycles. The third-order valence-electron chi connectivity index (χ3n) is 5.97. The summed E-state index contributed by atoms with van der Waals surface area (Å²) >= 11 is 0. The van der Waals surface area contributed by atoms with Crippen molar-refractivity contribution in [2.24, 2.45) is 0 Å². The first-order chi connectivity index (χ1) is 14.6. The van der Waals surface area contributed by atoms with E-state index in [1.54, 1.807) is 12.1 Å². The molecule has 2 heterocycles. The van der Waals surface area contributed by atoms with Crippen LogP contribution < -0.4 is 0 Å². The molecule has 1 aliphatic heterocycles. The van der Waals surface area contributed by atoms with Crippen LogP contribution in [0.4, 0.5) is 4.39 Å². The summed E-state index contributed by atoms with van der Waals surface area (Å²) in [4.78, 5) is 21.6. The molecule has 0 saturated carbocycles. The summed E-state index contributed by atoms with van der Waals surface area (Å²) in [5.41, 5.74) is 1.78. The third kappa shape index (κ3) is 4.78. The molecule has 0 N–H and O–H groups in total. The number of hydrogen-bond donors (Lipinski definition) is 0. The summed E-state index contributed by atoms with van der Waals surface area (Å²) < 4.78 is 19.0. The van der Waals surface area contributed by atoms with Gasteiger partial charge in [-0.15, -0.1) is 0 Å². The van der Waals surface area contributed by atoms with Gasteiger partial charge in [0.2, 0.25) is 17.6 Å². The average molecular weight is 413 g/mol. The number of nitrogens with zero attached hydrogens (tertiary/aromatic N) is 4. The fourth-order valence-electron chi connectivity index (χ4n) is 4.43. The minimum Gasteiger partial charge on any atom is -0.339 e. The first-order valence-corrected chi connectivity index (χ1v) is 11.0. The highest BCUT2D eigenvalue weighted by molar-refractivity contribution is 5.80. The van der Waals surface area contributed by atoms with Crippen molar-refractivity contribution in [1.82, 2.24) is 19.9 Å². The van der Waals surface area contributed by atoms with Crippen LogP contribution in [0.1, 0.15) is 57.3 Å². The minimum atomic E-state index is -0.324. The standard InChI is InChI=1S/C23H29FN4O2/c1-2-28(20-11-4-3-5-12-20)21(29)16-27-13-7-9-18(15-27)23-25-22(26-30-23)17-8-6-10-19(24)14-17/h6,8,10-11,14,18H,2-5,7,9,12-13,15-16H2,1H3. The lowest BCUT2D eigenvalue weighted by atomic mass is 9.98. The number of piperidine rings is 1. The third-order valence-corrected chi connectivity index (χ3v) is 5.97. The summed E-state index contributed by atoms with van der Waals surface area (Å²) in [5.74, 6) is 0.894. The lowest BCUT2D eigenvalue weighted by Crippen LogP contribution is -2.43. The summed E-state index contributed by atoms with van der Waals surface area (Å²) in [5, 5.41) is 4.04. The van der Waals surface area contributed by atoms with Crippen LogP contribution in [-0.2, 0) is 4.79 Å². The van der Waals surface area contributed by atoms with E-state index in [2.05, 4.69) is 21.1 Å². The number of hydrogen-bond acceptors (Lipinski definition) is 5. The Bertz CT molecular complexity index is 910. The molecule has 160 valence electrons. The molecule has 1 amide bonds. The van der Waals surface area contributed by atoms with Gasteiger partial charge in [0.25, 0.3) is 0 Å². The van der Waals surface area contributed by atoms with Gasteiger partial charge in [-0.25, -0.2) is 4.39 Å². The molecule has 0 radical (unpaired) electrons. The molecule has 1 fully saturated rings. The molecule has 2 aliphatic rings. The zero-order valence-electron chi connectivity index (χ0n) is 17.5. The Morgan fingerprint density at radius 1 is 1.33 bits per heavy atom. The zero-order chi connectivity index (χ0) is 20.9. The second-order valence-electron chi connectivity index (χ2n) is 8.12. The van der Waals surface area contributed by atoms with Gasteiger partial charge >= 0.3 is 0 Å². The van der Waals surface area contributed by atoms with Crippen LogP contribution in [-0.4, -0.2) is 52.0 Å². The van der Waals surface area contributed by atoms with E-state index in [4.69, 9.17) is 4.52 Å². The summed E-state index contributed by atoms with van der Waals surface area (Å²) in [6, 6.07) is 6.20. The van der Waals surface area contributed by atoms with E-state index in [0.29, 0.717) is 36.9 Å². The molecule has 1 aromatic heterocycles. The van der Waals surface area contributed by atoms with Crippen LogP contribution in [0, 0.1) is 5.82 Å². The molecule has 1 unspecified atom stereocenters. The Balaban J connectivity index is 1.40. The largest absolute Gasteiger partial charge is 0.339 e. The second-order valence-corrected chi connectivity index (χ2v) is 8.12. The smallest absolute Gasteiger partial charge is 0.240 e. The molecule has 1 aromatic carbocycles. The first-order valence-electron chi connectivity index (χ1n) is 11.0. The first kappa shape index (κ1) is 20.7. The predicted octanol–water partition coefficient (Wildman–Crippen LogP) is 4.36. The maximum Gasteiger partial charge on any atom is 0.240 e. The predicted molar refractivity (Wildman–Crippen MR) is 112 cm³/mol. The summed E-state index contributed by atoms with van der Waals surface area (Å²) in [7, 11) is 0. The number of halogens is 1. The van der Waals surface area contributed by atoms with Gasteiger partial charge in [-0.2, -0.15) is 4.98 Å². The SMILES string of the molecule is CCN(C(=O)CN1CCCC(c2nc(-c3cccc(F)c3)no2)C1)C1=CCCCC1. The van der Waals surface area contributed by atoms with Crippen molar-refractivity contribution >= 4 is 5.91 Å². The van der Waals surface area contributed by atoms with Crippen LogP contribution >= 0.6 is 0 Å². The van der Waals surface area contributed by atoms with Crippen molar-refractivity contribution < 1.29 is 13.7 Å². The Labute approximate surface area is 176 Å². The lowest BCUT2D eigenvalue weighted by molar-refractivity contribution is -0.130. The Morgan fingerprint density at radius 2 is 2.23 bits per heavy atom. The van der Waals surface area contributed by atoms with Crippen LogP contribution in [0.25, 0.3) is 11.4 Å². The van der Waals surface area contributed by atoms with Gasteiger partial charge in [-0.1, -0.05) is 23.4 Å². The maximum atomic E-state index is 13.5. The molecule has 1 saturated heterocycles. The molecule has 4 rings (SSSR count). The highest BCUT2D eigenvalue weighted by atomic mass is 19.1. The molecular formula is C23H29FN4O2. The fourth-order valence-corrected chi connectivity index (χ4v) is 4.43. The van der Waals surface area contributed by atoms with Gasteiger partial charge in [-0.3, -0.25) is 9.69 Å². The monoisotopic (exact) mass is 412 g/mol. The van der Waals surface area contributed by atoms with E-state index in [1.165, 1.54) is 24.3 Å². The van der Waals surface area contributed by atoms with E-state index in [0.717, 1.165) is 38.6 Å². The molecular weight excluding hydrogens is 383 g/mol. The summed E-state index contributed by atoms with van der Waals surface area (Å²) in [6.07, 6.45) is 8.57. The number of likely N-dealkylation sites (N-methyl/N-ethyl adjacent to an activating group) is 1. The molecule has 1 atom stereocenters. The number of rotatable bonds is 6. The van der Waals surface area contributed by atoms with Crippen LogP contribution in [0.5, 0.6) is 0 Å². The lowest BCUT2D eigenvalue weighted by Gasteiger charge is -2.33. The Kier molecular flexibility index (Phi) is 6.57. The minimum absolute atomic E-state index is 0.0883. The molecule has 0 spiro atoms. The Morgan fingerprint density at radius 3 is 3.00 bits per heavy atom. The summed E-state index contributed by atoms with van der Waals surface area (Å²) in [6.45, 7) is 4.77. The van der Waals surface area contributed by atoms with Gasteiger partial charge in [0.1, 0.15) is 5.82 Å². The van der Waals surface area contributed by atoms with Gasteiger partial charge < -0.3 is 9.42 Å².